The van der Waals surface area contributed by atoms with E-state index in [0.29, 0.717) is 11.3 Å². The fraction of sp³-hybridized carbons (Fsp3) is 0.188. The normalized spacial score (nSPS) is 9.89. The van der Waals surface area contributed by atoms with Gasteiger partial charge in [0.1, 0.15) is 17.6 Å². The lowest BCUT2D eigenvalue weighted by Gasteiger charge is -2.12. The van der Waals surface area contributed by atoms with Gasteiger partial charge in [-0.25, -0.2) is 0 Å². The Labute approximate surface area is 107 Å². The summed E-state index contributed by atoms with van der Waals surface area (Å²) in [7, 11) is 0. The molecule has 2 nitrogen and oxygen atoms in total. The van der Waals surface area contributed by atoms with Crippen LogP contribution in [0.4, 0.5) is 0 Å². The van der Waals surface area contributed by atoms with E-state index < -0.39 is 0 Å². The van der Waals surface area contributed by atoms with Gasteiger partial charge in [-0.1, -0.05) is 24.3 Å². The van der Waals surface area contributed by atoms with Gasteiger partial charge in [0, 0.05) is 0 Å². The van der Waals surface area contributed by atoms with Crippen molar-refractivity contribution in [2.45, 2.75) is 20.8 Å². The second-order valence-electron chi connectivity index (χ2n) is 4.43. The van der Waals surface area contributed by atoms with Crippen molar-refractivity contribution in [3.05, 3.63) is 58.7 Å². The van der Waals surface area contributed by atoms with Crippen LogP contribution in [0.5, 0.6) is 11.5 Å². The van der Waals surface area contributed by atoms with Crippen molar-refractivity contribution in [3.63, 3.8) is 0 Å². The van der Waals surface area contributed by atoms with E-state index in [-0.39, 0.29) is 0 Å². The molecule has 18 heavy (non-hydrogen) atoms. The van der Waals surface area contributed by atoms with Gasteiger partial charge in [0.25, 0.3) is 0 Å². The Kier molecular flexibility index (Phi) is 3.34. The summed E-state index contributed by atoms with van der Waals surface area (Å²) in [5, 5.41) is 9.11. The van der Waals surface area contributed by atoms with Crippen molar-refractivity contribution < 1.29 is 4.74 Å². The molecule has 0 aliphatic carbocycles. The van der Waals surface area contributed by atoms with E-state index in [0.717, 1.165) is 22.4 Å². The fourth-order valence-electron chi connectivity index (χ4n) is 1.80. The first-order valence-electron chi connectivity index (χ1n) is 5.86. The molecular weight excluding hydrogens is 222 g/mol. The SMILES string of the molecule is Cc1ccc(C)c(Oc2c(C)cccc2C#N)c1. The topological polar surface area (TPSA) is 33.0 Å². The van der Waals surface area contributed by atoms with E-state index in [2.05, 4.69) is 6.07 Å². The van der Waals surface area contributed by atoms with E-state index in [4.69, 9.17) is 10.00 Å². The molecule has 2 heteroatoms. The molecule has 0 aliphatic rings. The number of ether oxygens (including phenoxy) is 1. The summed E-state index contributed by atoms with van der Waals surface area (Å²) in [4.78, 5) is 0. The number of para-hydroxylation sites is 1. The molecule has 90 valence electrons. The lowest BCUT2D eigenvalue weighted by atomic mass is 10.1. The summed E-state index contributed by atoms with van der Waals surface area (Å²) in [6, 6.07) is 13.8. The van der Waals surface area contributed by atoms with Crippen molar-refractivity contribution in [1.29, 1.82) is 5.26 Å². The molecule has 2 aromatic rings. The molecule has 0 heterocycles. The third-order valence-corrected chi connectivity index (χ3v) is 2.89. The van der Waals surface area contributed by atoms with Crippen LogP contribution in [0.1, 0.15) is 22.3 Å². The molecule has 0 unspecified atom stereocenters. The lowest BCUT2D eigenvalue weighted by molar-refractivity contribution is 0.473. The van der Waals surface area contributed by atoms with Gasteiger partial charge in [-0.3, -0.25) is 0 Å². The van der Waals surface area contributed by atoms with Gasteiger partial charge in [0.15, 0.2) is 0 Å². The third kappa shape index (κ3) is 2.36. The van der Waals surface area contributed by atoms with Gasteiger partial charge in [-0.15, -0.1) is 0 Å². The molecule has 0 saturated carbocycles. The van der Waals surface area contributed by atoms with Crippen molar-refractivity contribution in [1.82, 2.24) is 0 Å². The minimum Gasteiger partial charge on any atom is -0.455 e. The largest absolute Gasteiger partial charge is 0.455 e. The Bertz CT molecular complexity index is 623. The van der Waals surface area contributed by atoms with Gasteiger partial charge in [-0.2, -0.15) is 5.26 Å². The first-order valence-corrected chi connectivity index (χ1v) is 5.86. The molecule has 0 amide bonds. The van der Waals surface area contributed by atoms with Crippen LogP contribution in [0.3, 0.4) is 0 Å². The molecule has 2 rings (SSSR count). The van der Waals surface area contributed by atoms with Crippen molar-refractivity contribution in [2.75, 3.05) is 0 Å². The summed E-state index contributed by atoms with van der Waals surface area (Å²) >= 11 is 0. The Morgan fingerprint density at radius 2 is 1.78 bits per heavy atom. The van der Waals surface area contributed by atoms with E-state index in [1.54, 1.807) is 6.07 Å². The molecule has 0 saturated heterocycles. The van der Waals surface area contributed by atoms with Gasteiger partial charge >= 0.3 is 0 Å². The Morgan fingerprint density at radius 1 is 1.00 bits per heavy atom. The van der Waals surface area contributed by atoms with Crippen LogP contribution in [0.2, 0.25) is 0 Å². The summed E-state index contributed by atoms with van der Waals surface area (Å²) in [5.74, 6) is 1.45. The Hall–Kier alpha value is -2.27. The second-order valence-corrected chi connectivity index (χ2v) is 4.43. The summed E-state index contributed by atoms with van der Waals surface area (Å²) in [5.41, 5.74) is 3.74. The number of nitrogens with zero attached hydrogens (tertiary/aromatic N) is 1. The summed E-state index contributed by atoms with van der Waals surface area (Å²) in [6.07, 6.45) is 0. The minimum absolute atomic E-state index is 0.566. The predicted molar refractivity (Wildman–Crippen MR) is 71.9 cm³/mol. The molecule has 2 aromatic carbocycles. The molecule has 0 atom stereocenters. The van der Waals surface area contributed by atoms with Crippen LogP contribution in [-0.4, -0.2) is 0 Å². The van der Waals surface area contributed by atoms with Crippen LogP contribution < -0.4 is 4.74 Å². The quantitative estimate of drug-likeness (QED) is 0.781. The molecular formula is C16H15NO. The molecule has 0 bridgehead atoms. The molecule has 0 N–H and O–H groups in total. The summed E-state index contributed by atoms with van der Waals surface area (Å²) in [6.45, 7) is 5.97. The average molecular weight is 237 g/mol. The van der Waals surface area contributed by atoms with Crippen LogP contribution in [0.15, 0.2) is 36.4 Å². The Morgan fingerprint density at radius 3 is 2.50 bits per heavy atom. The highest BCUT2D eigenvalue weighted by Crippen LogP contribution is 2.31. The van der Waals surface area contributed by atoms with Crippen LogP contribution in [0.25, 0.3) is 0 Å². The first-order chi connectivity index (χ1) is 8.61. The van der Waals surface area contributed by atoms with E-state index in [9.17, 15) is 0 Å². The zero-order valence-electron chi connectivity index (χ0n) is 10.8. The number of nitriles is 1. The molecule has 0 spiro atoms. The maximum absolute atomic E-state index is 9.11. The average Bonchev–Trinajstić information content (AvgIpc) is 2.36. The van der Waals surface area contributed by atoms with Crippen LogP contribution in [0, 0.1) is 32.1 Å². The van der Waals surface area contributed by atoms with Crippen molar-refractivity contribution in [3.8, 4) is 17.6 Å². The summed E-state index contributed by atoms with van der Waals surface area (Å²) < 4.78 is 5.92. The van der Waals surface area contributed by atoms with Gasteiger partial charge in [0.05, 0.1) is 5.56 Å². The number of rotatable bonds is 2. The smallest absolute Gasteiger partial charge is 0.148 e. The number of aryl methyl sites for hydroxylation is 3. The van der Waals surface area contributed by atoms with Crippen molar-refractivity contribution in [2.24, 2.45) is 0 Å². The molecule has 0 aromatic heterocycles. The Balaban J connectivity index is 2.46. The molecule has 0 aliphatic heterocycles. The molecule has 0 fully saturated rings. The predicted octanol–water partition coefficient (Wildman–Crippen LogP) is 4.28. The minimum atomic E-state index is 0.566. The first kappa shape index (κ1) is 12.2. The number of hydrogen-bond acceptors (Lipinski definition) is 2. The third-order valence-electron chi connectivity index (χ3n) is 2.89. The van der Waals surface area contributed by atoms with E-state index >= 15 is 0 Å². The standard InChI is InChI=1S/C16H15NO/c1-11-7-8-12(2)15(9-11)18-16-13(3)5-4-6-14(16)10-17/h4-9H,1-3H3. The monoisotopic (exact) mass is 237 g/mol. The maximum atomic E-state index is 9.11. The number of benzene rings is 2. The van der Waals surface area contributed by atoms with E-state index in [1.807, 2.05) is 51.1 Å². The maximum Gasteiger partial charge on any atom is 0.148 e. The highest BCUT2D eigenvalue weighted by Gasteiger charge is 2.09. The number of hydrogen-bond donors (Lipinski definition) is 0. The van der Waals surface area contributed by atoms with Gasteiger partial charge in [-0.05, 0) is 49.6 Å². The highest BCUT2D eigenvalue weighted by atomic mass is 16.5. The van der Waals surface area contributed by atoms with Crippen LogP contribution in [-0.2, 0) is 0 Å². The zero-order chi connectivity index (χ0) is 13.1. The van der Waals surface area contributed by atoms with Crippen LogP contribution >= 0.6 is 0 Å². The zero-order valence-corrected chi connectivity index (χ0v) is 10.8. The van der Waals surface area contributed by atoms with E-state index in [1.165, 1.54) is 0 Å². The van der Waals surface area contributed by atoms with Gasteiger partial charge < -0.3 is 4.74 Å². The van der Waals surface area contributed by atoms with Gasteiger partial charge in [0.2, 0.25) is 0 Å². The fourth-order valence-corrected chi connectivity index (χ4v) is 1.80. The highest BCUT2D eigenvalue weighted by molar-refractivity contribution is 5.51. The molecule has 0 radical (unpaired) electrons. The lowest BCUT2D eigenvalue weighted by Crippen LogP contribution is -1.93. The van der Waals surface area contributed by atoms with Crippen molar-refractivity contribution >= 4 is 0 Å². The second kappa shape index (κ2) is 4.93.